The van der Waals surface area contributed by atoms with Crippen molar-refractivity contribution >= 4 is 16.9 Å². The van der Waals surface area contributed by atoms with E-state index in [1.807, 2.05) is 51.1 Å². The Labute approximate surface area is 165 Å². The van der Waals surface area contributed by atoms with Crippen molar-refractivity contribution in [1.82, 2.24) is 14.9 Å². The summed E-state index contributed by atoms with van der Waals surface area (Å²) in [7, 11) is 0. The summed E-state index contributed by atoms with van der Waals surface area (Å²) in [6, 6.07) is 14.1. The number of carbonyl (C=O) groups excluding carboxylic acids is 1. The zero-order valence-corrected chi connectivity index (χ0v) is 17.0. The molecular formula is C23H27N3O2. The lowest BCUT2D eigenvalue weighted by Crippen LogP contribution is -2.38. The summed E-state index contributed by atoms with van der Waals surface area (Å²) in [6.07, 6.45) is 1.75. The van der Waals surface area contributed by atoms with Crippen LogP contribution in [0, 0.1) is 20.8 Å². The SMILES string of the molecule is Cc1cc2nc(C)c(=O)n(CC(=O)N[C@@H](C)CCc3ccccc3)c2cc1C. The van der Waals surface area contributed by atoms with Gasteiger partial charge in [0.25, 0.3) is 5.56 Å². The van der Waals surface area contributed by atoms with Gasteiger partial charge in [-0.15, -0.1) is 0 Å². The highest BCUT2D eigenvalue weighted by Crippen LogP contribution is 2.17. The van der Waals surface area contributed by atoms with E-state index in [1.165, 1.54) is 10.1 Å². The third kappa shape index (κ3) is 4.47. The predicted molar refractivity (Wildman–Crippen MR) is 113 cm³/mol. The van der Waals surface area contributed by atoms with E-state index in [2.05, 4.69) is 22.4 Å². The molecule has 0 saturated heterocycles. The van der Waals surface area contributed by atoms with Crippen LogP contribution in [-0.4, -0.2) is 21.5 Å². The van der Waals surface area contributed by atoms with Crippen LogP contribution in [-0.2, 0) is 17.8 Å². The molecule has 28 heavy (non-hydrogen) atoms. The first kappa shape index (κ1) is 19.8. The standard InChI is InChI=1S/C23H27N3O2/c1-15-12-20-21(13-16(15)2)26(23(28)18(4)25-20)14-22(27)24-17(3)10-11-19-8-6-5-7-9-19/h5-9,12-13,17H,10-11,14H2,1-4H3,(H,24,27)/t17-/m0/s1. The number of nitrogens with zero attached hydrogens (tertiary/aromatic N) is 2. The maximum Gasteiger partial charge on any atom is 0.272 e. The Morgan fingerprint density at radius 2 is 1.79 bits per heavy atom. The third-order valence-corrected chi connectivity index (χ3v) is 5.14. The van der Waals surface area contributed by atoms with Gasteiger partial charge in [-0.1, -0.05) is 30.3 Å². The molecule has 0 aliphatic carbocycles. The molecule has 0 fully saturated rings. The summed E-state index contributed by atoms with van der Waals surface area (Å²) in [6.45, 7) is 7.69. The molecule has 2 aromatic carbocycles. The first-order valence-corrected chi connectivity index (χ1v) is 9.67. The van der Waals surface area contributed by atoms with Gasteiger partial charge in [-0.3, -0.25) is 14.2 Å². The summed E-state index contributed by atoms with van der Waals surface area (Å²) in [5.41, 5.74) is 5.06. The van der Waals surface area contributed by atoms with Crippen LogP contribution >= 0.6 is 0 Å². The minimum Gasteiger partial charge on any atom is -0.352 e. The summed E-state index contributed by atoms with van der Waals surface area (Å²) in [4.78, 5) is 29.6. The van der Waals surface area contributed by atoms with Crippen molar-refractivity contribution in [1.29, 1.82) is 0 Å². The highest BCUT2D eigenvalue weighted by Gasteiger charge is 2.14. The topological polar surface area (TPSA) is 64.0 Å². The molecule has 0 aliphatic heterocycles. The summed E-state index contributed by atoms with van der Waals surface area (Å²) >= 11 is 0. The smallest absolute Gasteiger partial charge is 0.272 e. The number of aromatic nitrogens is 2. The molecular weight excluding hydrogens is 350 g/mol. The van der Waals surface area contributed by atoms with E-state index in [1.54, 1.807) is 6.92 Å². The Balaban J connectivity index is 1.74. The van der Waals surface area contributed by atoms with Gasteiger partial charge in [-0.2, -0.15) is 0 Å². The second-order valence-corrected chi connectivity index (χ2v) is 7.51. The number of fused-ring (bicyclic) bond motifs is 1. The van der Waals surface area contributed by atoms with Crippen molar-refractivity contribution in [2.24, 2.45) is 0 Å². The number of hydrogen-bond donors (Lipinski definition) is 1. The molecule has 0 aliphatic rings. The van der Waals surface area contributed by atoms with Crippen molar-refractivity contribution in [2.75, 3.05) is 0 Å². The zero-order valence-electron chi connectivity index (χ0n) is 17.0. The van der Waals surface area contributed by atoms with E-state index >= 15 is 0 Å². The fraction of sp³-hybridized carbons (Fsp3) is 0.348. The number of carbonyl (C=O) groups is 1. The molecule has 1 atom stereocenters. The van der Waals surface area contributed by atoms with Gasteiger partial charge in [-0.25, -0.2) is 4.98 Å². The molecule has 1 heterocycles. The fourth-order valence-electron chi connectivity index (χ4n) is 3.35. The van der Waals surface area contributed by atoms with Crippen LogP contribution in [0.4, 0.5) is 0 Å². The molecule has 3 rings (SSSR count). The van der Waals surface area contributed by atoms with Crippen LogP contribution in [0.2, 0.25) is 0 Å². The van der Waals surface area contributed by atoms with E-state index in [0.29, 0.717) is 11.2 Å². The molecule has 0 unspecified atom stereocenters. The monoisotopic (exact) mass is 377 g/mol. The van der Waals surface area contributed by atoms with Crippen molar-refractivity contribution in [3.8, 4) is 0 Å². The Bertz CT molecular complexity index is 1050. The van der Waals surface area contributed by atoms with Crippen LogP contribution in [0.5, 0.6) is 0 Å². The molecule has 0 spiro atoms. The molecule has 3 aromatic rings. The minimum atomic E-state index is -0.220. The molecule has 0 bridgehead atoms. The molecule has 0 saturated carbocycles. The van der Waals surface area contributed by atoms with Gasteiger partial charge in [0.05, 0.1) is 11.0 Å². The molecule has 1 N–H and O–H groups in total. The second-order valence-electron chi connectivity index (χ2n) is 7.51. The second kappa shape index (κ2) is 8.38. The Hall–Kier alpha value is -2.95. The lowest BCUT2D eigenvalue weighted by molar-refractivity contribution is -0.122. The average molecular weight is 377 g/mol. The van der Waals surface area contributed by atoms with Crippen LogP contribution in [0.25, 0.3) is 11.0 Å². The average Bonchev–Trinajstić information content (AvgIpc) is 2.66. The third-order valence-electron chi connectivity index (χ3n) is 5.14. The van der Waals surface area contributed by atoms with Crippen molar-refractivity contribution in [3.63, 3.8) is 0 Å². The van der Waals surface area contributed by atoms with Gasteiger partial charge in [0.1, 0.15) is 12.2 Å². The molecule has 1 amide bonds. The van der Waals surface area contributed by atoms with Crippen LogP contribution < -0.4 is 10.9 Å². The number of amides is 1. The van der Waals surface area contributed by atoms with Crippen LogP contribution in [0.15, 0.2) is 47.3 Å². The highest BCUT2D eigenvalue weighted by molar-refractivity contribution is 5.81. The van der Waals surface area contributed by atoms with Gasteiger partial charge in [0.2, 0.25) is 5.91 Å². The molecule has 0 radical (unpaired) electrons. The Morgan fingerprint density at radius 1 is 1.11 bits per heavy atom. The summed E-state index contributed by atoms with van der Waals surface area (Å²) in [5, 5.41) is 3.02. The van der Waals surface area contributed by atoms with Crippen molar-refractivity contribution in [2.45, 2.75) is 53.1 Å². The lowest BCUT2D eigenvalue weighted by atomic mass is 10.1. The van der Waals surface area contributed by atoms with Gasteiger partial charge >= 0.3 is 0 Å². The lowest BCUT2D eigenvalue weighted by Gasteiger charge is -2.16. The maximum absolute atomic E-state index is 12.6. The number of nitrogens with one attached hydrogen (secondary N) is 1. The Morgan fingerprint density at radius 3 is 2.50 bits per heavy atom. The van der Waals surface area contributed by atoms with E-state index in [-0.39, 0.29) is 24.1 Å². The summed E-state index contributed by atoms with van der Waals surface area (Å²) < 4.78 is 1.53. The van der Waals surface area contributed by atoms with Crippen LogP contribution in [0.1, 0.15) is 35.7 Å². The zero-order chi connectivity index (χ0) is 20.3. The minimum absolute atomic E-state index is 0.00310. The van der Waals surface area contributed by atoms with Gasteiger partial charge < -0.3 is 5.32 Å². The largest absolute Gasteiger partial charge is 0.352 e. The van der Waals surface area contributed by atoms with Gasteiger partial charge in [0, 0.05) is 6.04 Å². The van der Waals surface area contributed by atoms with Crippen molar-refractivity contribution in [3.05, 3.63) is 75.2 Å². The van der Waals surface area contributed by atoms with E-state index < -0.39 is 0 Å². The number of aryl methyl sites for hydroxylation is 4. The van der Waals surface area contributed by atoms with Gasteiger partial charge in [0.15, 0.2) is 0 Å². The van der Waals surface area contributed by atoms with E-state index in [4.69, 9.17) is 0 Å². The molecule has 1 aromatic heterocycles. The Kier molecular flexibility index (Phi) is 5.93. The summed E-state index contributed by atoms with van der Waals surface area (Å²) in [5.74, 6) is -0.159. The normalized spacial score (nSPS) is 12.1. The van der Waals surface area contributed by atoms with E-state index in [0.717, 1.165) is 29.5 Å². The molecule has 146 valence electrons. The number of hydrogen-bond acceptors (Lipinski definition) is 3. The number of rotatable bonds is 6. The van der Waals surface area contributed by atoms with Crippen molar-refractivity contribution < 1.29 is 4.79 Å². The molecule has 5 nitrogen and oxygen atoms in total. The maximum atomic E-state index is 12.6. The first-order valence-electron chi connectivity index (χ1n) is 9.67. The highest BCUT2D eigenvalue weighted by atomic mass is 16.2. The van der Waals surface area contributed by atoms with Crippen LogP contribution in [0.3, 0.4) is 0 Å². The first-order chi connectivity index (χ1) is 13.3. The predicted octanol–water partition coefficient (Wildman–Crippen LogP) is 3.46. The van der Waals surface area contributed by atoms with E-state index in [9.17, 15) is 9.59 Å². The number of benzene rings is 2. The molecule has 5 heteroatoms. The van der Waals surface area contributed by atoms with Gasteiger partial charge in [-0.05, 0) is 69.4 Å². The quantitative estimate of drug-likeness (QED) is 0.715. The fourth-order valence-corrected chi connectivity index (χ4v) is 3.35.